The van der Waals surface area contributed by atoms with Crippen molar-refractivity contribution in [3.05, 3.63) is 0 Å². The predicted octanol–water partition coefficient (Wildman–Crippen LogP) is 3.99. The van der Waals surface area contributed by atoms with E-state index in [1.54, 1.807) is 6.92 Å². The zero-order valence-corrected chi connectivity index (χ0v) is 24.8. The number of aliphatic hydroxyl groups excluding tert-OH is 2. The number of esters is 1. The molecule has 0 aromatic heterocycles. The standard InChI is InChI=1S/C30H50O10/c1-17-10-11-22-19(3)24(37-28-30(22)21(17)12-13-29(5,38-28)39-40-30)16-26(33)36-25-15-23(32)20(4)35-27(25)34-18(2)9-7-6-8-14-31/h17-25,27-28,31-32H,6-16H2,1-5H3/t17-,18-,19-,20+,21+,22+,23-,24-,25-,27-,28-,29-,30-/m1/s1. The molecule has 1 saturated carbocycles. The van der Waals surface area contributed by atoms with Crippen LogP contribution >= 0.6 is 0 Å². The minimum absolute atomic E-state index is 0.0349. The van der Waals surface area contributed by atoms with E-state index in [1.807, 2.05) is 13.8 Å². The first kappa shape index (κ1) is 30.6. The molecule has 2 bridgehead atoms. The van der Waals surface area contributed by atoms with Crippen LogP contribution in [0.1, 0.15) is 98.8 Å². The molecule has 1 aliphatic carbocycles. The molecule has 13 atom stereocenters. The highest BCUT2D eigenvalue weighted by molar-refractivity contribution is 5.70. The van der Waals surface area contributed by atoms with Crippen molar-refractivity contribution in [2.24, 2.45) is 23.7 Å². The molecule has 5 saturated heterocycles. The Morgan fingerprint density at radius 2 is 1.85 bits per heavy atom. The Labute approximate surface area is 238 Å². The van der Waals surface area contributed by atoms with Gasteiger partial charge in [0, 0.05) is 25.4 Å². The summed E-state index contributed by atoms with van der Waals surface area (Å²) in [4.78, 5) is 25.4. The second-order valence-corrected chi connectivity index (χ2v) is 13.2. The number of aliphatic hydroxyl groups is 2. The third kappa shape index (κ3) is 5.97. The van der Waals surface area contributed by atoms with Crippen LogP contribution in [0.25, 0.3) is 0 Å². The Morgan fingerprint density at radius 1 is 1.05 bits per heavy atom. The van der Waals surface area contributed by atoms with Gasteiger partial charge in [0.1, 0.15) is 0 Å². The predicted molar refractivity (Wildman–Crippen MR) is 142 cm³/mol. The molecular formula is C30H50O10. The molecule has 5 aliphatic heterocycles. The minimum atomic E-state index is -0.866. The molecule has 10 nitrogen and oxygen atoms in total. The maximum Gasteiger partial charge on any atom is 0.308 e. The Kier molecular flexibility index (Phi) is 9.49. The highest BCUT2D eigenvalue weighted by Crippen LogP contribution is 2.60. The van der Waals surface area contributed by atoms with Crippen molar-refractivity contribution in [3.8, 4) is 0 Å². The fourth-order valence-corrected chi connectivity index (χ4v) is 7.76. The van der Waals surface area contributed by atoms with Gasteiger partial charge in [-0.25, -0.2) is 9.78 Å². The van der Waals surface area contributed by atoms with E-state index >= 15 is 0 Å². The average molecular weight is 571 g/mol. The maximum atomic E-state index is 13.3. The summed E-state index contributed by atoms with van der Waals surface area (Å²) in [5.74, 6) is -0.367. The number of fused-ring (bicyclic) bond motifs is 2. The van der Waals surface area contributed by atoms with Gasteiger partial charge in [0.2, 0.25) is 5.79 Å². The Hall–Kier alpha value is -0.850. The van der Waals surface area contributed by atoms with E-state index in [0.717, 1.165) is 51.4 Å². The Balaban J connectivity index is 1.24. The third-order valence-corrected chi connectivity index (χ3v) is 10.2. The van der Waals surface area contributed by atoms with Crippen LogP contribution in [0.3, 0.4) is 0 Å². The van der Waals surface area contributed by atoms with Crippen LogP contribution in [-0.2, 0) is 38.3 Å². The van der Waals surface area contributed by atoms with E-state index < -0.39 is 54.4 Å². The largest absolute Gasteiger partial charge is 0.457 e. The monoisotopic (exact) mass is 570 g/mol. The molecule has 6 fully saturated rings. The number of hydrogen-bond acceptors (Lipinski definition) is 10. The molecule has 40 heavy (non-hydrogen) atoms. The van der Waals surface area contributed by atoms with Crippen LogP contribution in [-0.4, -0.2) is 77.3 Å². The molecule has 0 amide bonds. The number of hydrogen-bond donors (Lipinski definition) is 2. The second-order valence-electron chi connectivity index (χ2n) is 13.2. The van der Waals surface area contributed by atoms with Gasteiger partial charge < -0.3 is 33.9 Å². The van der Waals surface area contributed by atoms with Gasteiger partial charge in [-0.2, -0.15) is 0 Å². The number of ether oxygens (including phenoxy) is 5. The van der Waals surface area contributed by atoms with Crippen LogP contribution in [0.15, 0.2) is 0 Å². The summed E-state index contributed by atoms with van der Waals surface area (Å²) in [5.41, 5.74) is -0.669. The highest BCUT2D eigenvalue weighted by atomic mass is 17.3. The van der Waals surface area contributed by atoms with Crippen molar-refractivity contribution in [2.75, 3.05) is 6.61 Å². The summed E-state index contributed by atoms with van der Waals surface area (Å²) in [6, 6.07) is 0. The van der Waals surface area contributed by atoms with E-state index in [1.165, 1.54) is 0 Å². The van der Waals surface area contributed by atoms with Crippen molar-refractivity contribution >= 4 is 5.97 Å². The number of carbonyl (C=O) groups excluding carboxylic acids is 1. The maximum absolute atomic E-state index is 13.3. The summed E-state index contributed by atoms with van der Waals surface area (Å²) >= 11 is 0. The first-order chi connectivity index (χ1) is 19.1. The van der Waals surface area contributed by atoms with E-state index in [-0.39, 0.29) is 43.3 Å². The van der Waals surface area contributed by atoms with Crippen LogP contribution in [0.4, 0.5) is 0 Å². The number of carbonyl (C=O) groups is 1. The molecule has 1 spiro atoms. The van der Waals surface area contributed by atoms with E-state index in [0.29, 0.717) is 5.92 Å². The van der Waals surface area contributed by atoms with Crippen molar-refractivity contribution in [2.45, 2.75) is 153 Å². The lowest BCUT2D eigenvalue weighted by atomic mass is 9.57. The normalized spacial score (nSPS) is 47.3. The Bertz CT molecular complexity index is 871. The zero-order chi connectivity index (χ0) is 28.7. The Morgan fingerprint density at radius 3 is 2.62 bits per heavy atom. The second kappa shape index (κ2) is 12.4. The quantitative estimate of drug-likeness (QED) is 0.226. The molecular weight excluding hydrogens is 520 g/mol. The van der Waals surface area contributed by atoms with Crippen molar-refractivity contribution < 1.29 is 48.5 Å². The zero-order valence-electron chi connectivity index (χ0n) is 24.8. The average Bonchev–Trinajstić information content (AvgIpc) is 3.13. The van der Waals surface area contributed by atoms with E-state index in [4.69, 9.17) is 38.6 Å². The molecule has 10 heteroatoms. The molecule has 230 valence electrons. The molecule has 5 heterocycles. The summed E-state index contributed by atoms with van der Waals surface area (Å²) in [5, 5.41) is 19.5. The van der Waals surface area contributed by atoms with Crippen LogP contribution in [0.5, 0.6) is 0 Å². The van der Waals surface area contributed by atoms with Gasteiger partial charge in [0.15, 0.2) is 24.3 Å². The van der Waals surface area contributed by atoms with Gasteiger partial charge in [-0.15, -0.1) is 0 Å². The van der Waals surface area contributed by atoms with Gasteiger partial charge in [0.25, 0.3) is 0 Å². The first-order valence-corrected chi connectivity index (χ1v) is 15.6. The van der Waals surface area contributed by atoms with Gasteiger partial charge >= 0.3 is 5.97 Å². The SMILES string of the molecule is C[C@H]1[C@@H](CC(=O)O[C@@H]2C[C@@H](O)[C@H](C)O[C@H]2O[C@H](C)CCCCCO)O[C@@H]2O[C@@]3(C)CC[C@H]4[C@H](C)CC[C@@H]1[C@@]24OO3. The molecule has 0 radical (unpaired) electrons. The molecule has 2 N–H and O–H groups in total. The lowest BCUT2D eigenvalue weighted by Crippen LogP contribution is -2.70. The molecule has 6 aliphatic rings. The highest BCUT2D eigenvalue weighted by Gasteiger charge is 2.69. The van der Waals surface area contributed by atoms with Gasteiger partial charge in [-0.05, 0) is 70.6 Å². The van der Waals surface area contributed by atoms with Crippen molar-refractivity contribution in [1.29, 1.82) is 0 Å². The summed E-state index contributed by atoms with van der Waals surface area (Å²) in [7, 11) is 0. The fourth-order valence-electron chi connectivity index (χ4n) is 7.76. The lowest BCUT2D eigenvalue weighted by molar-refractivity contribution is -0.571. The third-order valence-electron chi connectivity index (χ3n) is 10.2. The molecule has 6 rings (SSSR count). The van der Waals surface area contributed by atoms with Gasteiger partial charge in [0.05, 0.1) is 30.8 Å². The van der Waals surface area contributed by atoms with Crippen molar-refractivity contribution in [1.82, 2.24) is 0 Å². The number of rotatable bonds is 10. The molecule has 0 unspecified atom stereocenters. The smallest absolute Gasteiger partial charge is 0.308 e. The van der Waals surface area contributed by atoms with Gasteiger partial charge in [-0.1, -0.05) is 26.7 Å². The summed E-state index contributed by atoms with van der Waals surface area (Å²) < 4.78 is 31.0. The number of unbranched alkanes of at least 4 members (excludes halogenated alkanes) is 2. The molecule has 0 aromatic rings. The molecule has 0 aromatic carbocycles. The summed E-state index contributed by atoms with van der Waals surface area (Å²) in [6.07, 6.45) is 3.71. The van der Waals surface area contributed by atoms with Crippen LogP contribution in [0, 0.1) is 23.7 Å². The van der Waals surface area contributed by atoms with E-state index in [2.05, 4.69) is 13.8 Å². The fraction of sp³-hybridized carbons (Fsp3) is 0.967. The first-order valence-electron chi connectivity index (χ1n) is 15.6. The summed E-state index contributed by atoms with van der Waals surface area (Å²) in [6.45, 7) is 10.2. The van der Waals surface area contributed by atoms with Crippen LogP contribution in [0.2, 0.25) is 0 Å². The minimum Gasteiger partial charge on any atom is -0.457 e. The van der Waals surface area contributed by atoms with Gasteiger partial charge in [-0.3, -0.25) is 4.79 Å². The lowest BCUT2D eigenvalue weighted by Gasteiger charge is -2.60. The van der Waals surface area contributed by atoms with Crippen LogP contribution < -0.4 is 0 Å². The van der Waals surface area contributed by atoms with E-state index in [9.17, 15) is 9.90 Å². The topological polar surface area (TPSA) is 122 Å². The van der Waals surface area contributed by atoms with Crippen molar-refractivity contribution in [3.63, 3.8) is 0 Å².